The predicted octanol–water partition coefficient (Wildman–Crippen LogP) is 4.59. The Bertz CT molecular complexity index is 550. The zero-order chi connectivity index (χ0) is 11.5. The van der Waals surface area contributed by atoms with Crippen LogP contribution in [0.2, 0.25) is 0 Å². The molecule has 1 heterocycles. The van der Waals surface area contributed by atoms with Gasteiger partial charge in [0.2, 0.25) is 0 Å². The second-order valence-electron chi connectivity index (χ2n) is 3.66. The Morgan fingerprint density at radius 3 is 2.00 bits per heavy atom. The summed E-state index contributed by atoms with van der Waals surface area (Å²) in [6.07, 6.45) is 0. The van der Waals surface area contributed by atoms with E-state index in [9.17, 15) is 0 Å². The SMILES string of the molecule is c1ccc(-c2noc(-c3ccccc3)p2)cc1. The quantitative estimate of drug-likeness (QED) is 0.653. The smallest absolute Gasteiger partial charge is 0.193 e. The van der Waals surface area contributed by atoms with Crippen LogP contribution in [-0.2, 0) is 0 Å². The van der Waals surface area contributed by atoms with Crippen molar-refractivity contribution in [1.29, 1.82) is 0 Å². The number of aromatic nitrogens is 1. The van der Waals surface area contributed by atoms with Crippen molar-refractivity contribution in [2.24, 2.45) is 0 Å². The van der Waals surface area contributed by atoms with Gasteiger partial charge in [-0.25, -0.2) is 0 Å². The monoisotopic (exact) mass is 239 g/mol. The molecule has 1 aromatic heterocycles. The molecule has 0 fully saturated rings. The van der Waals surface area contributed by atoms with E-state index >= 15 is 0 Å². The third kappa shape index (κ3) is 2.13. The van der Waals surface area contributed by atoms with Crippen molar-refractivity contribution in [3.8, 4) is 22.0 Å². The third-order valence-corrected chi connectivity index (χ3v) is 3.57. The zero-order valence-corrected chi connectivity index (χ0v) is 9.97. The number of benzene rings is 2. The minimum atomic E-state index is 0.893. The molecule has 0 aliphatic heterocycles. The van der Waals surface area contributed by atoms with E-state index in [-0.39, 0.29) is 0 Å². The summed E-state index contributed by atoms with van der Waals surface area (Å²) in [5.41, 5.74) is 4.05. The lowest BCUT2D eigenvalue weighted by Gasteiger charge is -1.92. The van der Waals surface area contributed by atoms with Crippen molar-refractivity contribution in [3.63, 3.8) is 0 Å². The van der Waals surface area contributed by atoms with Crippen molar-refractivity contribution in [2.45, 2.75) is 0 Å². The van der Waals surface area contributed by atoms with Crippen LogP contribution in [0, 0.1) is 0 Å². The molecule has 0 unspecified atom stereocenters. The molecule has 0 saturated heterocycles. The predicted molar refractivity (Wildman–Crippen MR) is 69.9 cm³/mol. The van der Waals surface area contributed by atoms with Crippen molar-refractivity contribution >= 4 is 8.19 Å². The molecule has 2 nitrogen and oxygen atoms in total. The molecular weight excluding hydrogens is 229 g/mol. The first-order chi connectivity index (χ1) is 8.43. The summed E-state index contributed by atoms with van der Waals surface area (Å²) < 4.78 is 5.40. The van der Waals surface area contributed by atoms with E-state index in [1.807, 2.05) is 60.7 Å². The Balaban J connectivity index is 1.99. The van der Waals surface area contributed by atoms with Crippen molar-refractivity contribution in [1.82, 2.24) is 5.16 Å². The highest BCUT2D eigenvalue weighted by molar-refractivity contribution is 7.37. The Hall–Kier alpha value is -1.92. The zero-order valence-electron chi connectivity index (χ0n) is 9.08. The van der Waals surface area contributed by atoms with E-state index < -0.39 is 0 Å². The average molecular weight is 239 g/mol. The normalized spacial score (nSPS) is 10.8. The summed E-state index contributed by atoms with van der Waals surface area (Å²) in [6.45, 7) is 0. The second-order valence-corrected chi connectivity index (χ2v) is 4.71. The molecule has 3 heteroatoms. The first-order valence-corrected chi connectivity index (χ1v) is 6.27. The van der Waals surface area contributed by atoms with Gasteiger partial charge in [-0.05, 0) is 0 Å². The first-order valence-electron chi connectivity index (χ1n) is 5.38. The van der Waals surface area contributed by atoms with E-state index in [2.05, 4.69) is 5.16 Å². The van der Waals surface area contributed by atoms with Crippen LogP contribution in [0.5, 0.6) is 0 Å². The lowest BCUT2D eigenvalue weighted by atomic mass is 10.2. The van der Waals surface area contributed by atoms with Crippen LogP contribution in [0.4, 0.5) is 0 Å². The fourth-order valence-corrected chi connectivity index (χ4v) is 2.54. The molecule has 0 spiro atoms. The van der Waals surface area contributed by atoms with Gasteiger partial charge in [-0.1, -0.05) is 65.8 Å². The van der Waals surface area contributed by atoms with Gasteiger partial charge in [0, 0.05) is 19.3 Å². The summed E-state index contributed by atoms with van der Waals surface area (Å²) in [5.74, 6) is 0. The maximum atomic E-state index is 5.40. The van der Waals surface area contributed by atoms with Crippen LogP contribution in [0.3, 0.4) is 0 Å². The lowest BCUT2D eigenvalue weighted by molar-refractivity contribution is 0.436. The van der Waals surface area contributed by atoms with E-state index in [1.54, 1.807) is 0 Å². The molecule has 17 heavy (non-hydrogen) atoms. The van der Waals surface area contributed by atoms with Gasteiger partial charge >= 0.3 is 0 Å². The van der Waals surface area contributed by atoms with Crippen LogP contribution >= 0.6 is 8.19 Å². The van der Waals surface area contributed by atoms with E-state index in [0.29, 0.717) is 0 Å². The Morgan fingerprint density at radius 1 is 0.765 bits per heavy atom. The molecule has 0 amide bonds. The van der Waals surface area contributed by atoms with Gasteiger partial charge in [-0.3, -0.25) is 0 Å². The van der Waals surface area contributed by atoms with Crippen LogP contribution < -0.4 is 0 Å². The van der Waals surface area contributed by atoms with Crippen molar-refractivity contribution in [2.75, 3.05) is 0 Å². The Morgan fingerprint density at radius 2 is 1.35 bits per heavy atom. The van der Waals surface area contributed by atoms with E-state index in [1.165, 1.54) is 0 Å². The van der Waals surface area contributed by atoms with Gasteiger partial charge in [0.15, 0.2) is 5.49 Å². The molecule has 3 rings (SSSR count). The standard InChI is InChI=1S/C14H10NOP/c1-3-7-11(8-4-1)13-15-16-14(17-13)12-9-5-2-6-10-12/h1-10H. The summed E-state index contributed by atoms with van der Waals surface area (Å²) in [7, 11) is 1.03. The molecular formula is C14H10NOP. The van der Waals surface area contributed by atoms with Gasteiger partial charge in [0.25, 0.3) is 0 Å². The molecule has 0 N–H and O–H groups in total. The number of hydrogen-bond acceptors (Lipinski definition) is 2. The molecule has 0 atom stereocenters. The fraction of sp³-hybridized carbons (Fsp3) is 0. The second kappa shape index (κ2) is 4.52. The first kappa shape index (κ1) is 10.2. The van der Waals surface area contributed by atoms with Gasteiger partial charge in [0.05, 0.1) is 0 Å². The average Bonchev–Trinajstić information content (AvgIpc) is 2.90. The number of hydrogen-bond donors (Lipinski definition) is 0. The van der Waals surface area contributed by atoms with Crippen molar-refractivity contribution in [3.05, 3.63) is 60.7 Å². The van der Waals surface area contributed by atoms with Crippen LogP contribution in [0.1, 0.15) is 0 Å². The van der Waals surface area contributed by atoms with Gasteiger partial charge in [-0.2, -0.15) is 0 Å². The summed E-state index contributed by atoms with van der Waals surface area (Å²) in [4.78, 5) is 0. The summed E-state index contributed by atoms with van der Waals surface area (Å²) in [5, 5.41) is 4.13. The molecule has 2 aromatic carbocycles. The molecule has 0 bridgehead atoms. The highest BCUT2D eigenvalue weighted by Gasteiger charge is 2.08. The lowest BCUT2D eigenvalue weighted by Crippen LogP contribution is -1.71. The summed E-state index contributed by atoms with van der Waals surface area (Å²) >= 11 is 0. The van der Waals surface area contributed by atoms with Gasteiger partial charge < -0.3 is 4.52 Å². The van der Waals surface area contributed by atoms with Gasteiger partial charge in [0.1, 0.15) is 5.43 Å². The van der Waals surface area contributed by atoms with Crippen LogP contribution in [0.15, 0.2) is 65.2 Å². The molecule has 0 aliphatic carbocycles. The number of rotatable bonds is 2. The maximum Gasteiger partial charge on any atom is 0.193 e. The maximum absolute atomic E-state index is 5.40. The van der Waals surface area contributed by atoms with Crippen molar-refractivity contribution < 1.29 is 4.52 Å². The Kier molecular flexibility index (Phi) is 2.73. The molecule has 0 radical (unpaired) electrons. The highest BCUT2D eigenvalue weighted by Crippen LogP contribution is 2.35. The summed E-state index contributed by atoms with van der Waals surface area (Å²) in [6, 6.07) is 20.2. The minimum Gasteiger partial charge on any atom is -0.350 e. The van der Waals surface area contributed by atoms with Crippen LogP contribution in [0.25, 0.3) is 22.0 Å². The fourth-order valence-electron chi connectivity index (χ4n) is 1.63. The van der Waals surface area contributed by atoms with E-state index in [4.69, 9.17) is 4.52 Å². The highest BCUT2D eigenvalue weighted by atomic mass is 31.0. The topological polar surface area (TPSA) is 26.0 Å². The van der Waals surface area contributed by atoms with Crippen LogP contribution in [-0.4, -0.2) is 5.16 Å². The number of nitrogens with zero attached hydrogens (tertiary/aromatic N) is 1. The largest absolute Gasteiger partial charge is 0.350 e. The van der Waals surface area contributed by atoms with E-state index in [0.717, 1.165) is 30.2 Å². The molecule has 0 saturated carbocycles. The molecule has 82 valence electrons. The molecule has 3 aromatic rings. The van der Waals surface area contributed by atoms with Gasteiger partial charge in [-0.15, -0.1) is 0 Å². The third-order valence-electron chi connectivity index (χ3n) is 2.48. The molecule has 0 aliphatic rings. The minimum absolute atomic E-state index is 0.893. The Labute approximate surface area is 101 Å².